The Balaban J connectivity index is 1.82. The van der Waals surface area contributed by atoms with E-state index in [-0.39, 0.29) is 17.6 Å². The number of halogens is 1. The second-order valence-corrected chi connectivity index (χ2v) is 5.52. The lowest BCUT2D eigenvalue weighted by Crippen LogP contribution is -2.35. The van der Waals surface area contributed by atoms with Gasteiger partial charge in [-0.15, -0.1) is 0 Å². The number of hydrogen-bond donors (Lipinski definition) is 1. The Hall–Kier alpha value is -2.77. The van der Waals surface area contributed by atoms with Crippen LogP contribution in [0.15, 0.2) is 30.5 Å². The summed E-state index contributed by atoms with van der Waals surface area (Å²) in [5.74, 6) is -0.230. The third-order valence-electron chi connectivity index (χ3n) is 4.02. The van der Waals surface area contributed by atoms with Crippen molar-refractivity contribution in [3.63, 3.8) is 0 Å². The van der Waals surface area contributed by atoms with E-state index in [1.54, 1.807) is 6.20 Å². The largest absolute Gasteiger partial charge is 0.368 e. The molecule has 1 atom stereocenters. The fourth-order valence-corrected chi connectivity index (χ4v) is 2.92. The van der Waals surface area contributed by atoms with Crippen molar-refractivity contribution >= 4 is 17.3 Å². The maximum absolute atomic E-state index is 14.2. The Morgan fingerprint density at radius 1 is 1.39 bits per heavy atom. The molecule has 1 aliphatic heterocycles. The van der Waals surface area contributed by atoms with Gasteiger partial charge in [0, 0.05) is 31.3 Å². The smallest absolute Gasteiger partial charge is 0.272 e. The number of nitro benzene ring substituents is 1. The van der Waals surface area contributed by atoms with Gasteiger partial charge >= 0.3 is 0 Å². The van der Waals surface area contributed by atoms with Crippen LogP contribution >= 0.6 is 0 Å². The molecule has 0 bridgehead atoms. The van der Waals surface area contributed by atoms with Crippen molar-refractivity contribution in [3.05, 3.63) is 52.1 Å². The minimum absolute atomic E-state index is 0.128. The van der Waals surface area contributed by atoms with Crippen LogP contribution in [0.1, 0.15) is 24.5 Å². The predicted molar refractivity (Wildman–Crippen MR) is 83.7 cm³/mol. The van der Waals surface area contributed by atoms with Gasteiger partial charge < -0.3 is 10.6 Å². The van der Waals surface area contributed by atoms with Crippen LogP contribution in [0.4, 0.5) is 21.7 Å². The van der Waals surface area contributed by atoms with Gasteiger partial charge in [-0.05, 0) is 25.0 Å². The summed E-state index contributed by atoms with van der Waals surface area (Å²) in [6.07, 6.45) is 3.43. The first-order valence-corrected chi connectivity index (χ1v) is 7.32. The van der Waals surface area contributed by atoms with E-state index in [9.17, 15) is 14.5 Å². The Bertz CT molecular complexity index is 740. The number of hydrogen-bond acceptors (Lipinski definition) is 6. The summed E-state index contributed by atoms with van der Waals surface area (Å²) in [4.78, 5) is 20.1. The van der Waals surface area contributed by atoms with Crippen LogP contribution in [0.25, 0.3) is 0 Å². The van der Waals surface area contributed by atoms with Gasteiger partial charge in [0.1, 0.15) is 0 Å². The van der Waals surface area contributed by atoms with E-state index in [2.05, 4.69) is 9.97 Å². The molecule has 0 saturated carbocycles. The third kappa shape index (κ3) is 3.20. The SMILES string of the molecule is Nc1nccc(C2CCCN(c3ccc([N+](=O)[O-])cc3F)C2)n1. The van der Waals surface area contributed by atoms with Crippen molar-refractivity contribution in [2.75, 3.05) is 23.7 Å². The maximum atomic E-state index is 14.2. The first-order valence-electron chi connectivity index (χ1n) is 7.32. The second-order valence-electron chi connectivity index (χ2n) is 5.52. The summed E-state index contributed by atoms with van der Waals surface area (Å²) < 4.78 is 14.2. The molecule has 23 heavy (non-hydrogen) atoms. The van der Waals surface area contributed by atoms with Crippen LogP contribution in [-0.2, 0) is 0 Å². The summed E-state index contributed by atoms with van der Waals surface area (Å²) in [6, 6.07) is 5.56. The lowest BCUT2D eigenvalue weighted by atomic mass is 9.94. The first kappa shape index (κ1) is 15.1. The van der Waals surface area contributed by atoms with E-state index in [1.807, 2.05) is 11.0 Å². The molecule has 8 heteroatoms. The molecule has 1 aliphatic rings. The van der Waals surface area contributed by atoms with Crippen molar-refractivity contribution in [1.82, 2.24) is 9.97 Å². The van der Waals surface area contributed by atoms with E-state index in [0.29, 0.717) is 18.8 Å². The van der Waals surface area contributed by atoms with Gasteiger partial charge in [-0.3, -0.25) is 10.1 Å². The van der Waals surface area contributed by atoms with Crippen LogP contribution < -0.4 is 10.6 Å². The quantitative estimate of drug-likeness (QED) is 0.690. The number of nitrogens with two attached hydrogens (primary N) is 1. The minimum Gasteiger partial charge on any atom is -0.368 e. The number of non-ortho nitro benzene ring substituents is 1. The van der Waals surface area contributed by atoms with Crippen LogP contribution in [-0.4, -0.2) is 28.0 Å². The molecule has 0 amide bonds. The molecule has 1 aromatic carbocycles. The average molecular weight is 317 g/mol. The van der Waals surface area contributed by atoms with E-state index < -0.39 is 10.7 Å². The fraction of sp³-hybridized carbons (Fsp3) is 0.333. The molecule has 2 N–H and O–H groups in total. The summed E-state index contributed by atoms with van der Waals surface area (Å²) in [5, 5.41) is 10.7. The van der Waals surface area contributed by atoms with Crippen LogP contribution in [0.2, 0.25) is 0 Å². The van der Waals surface area contributed by atoms with Crippen molar-refractivity contribution in [2.24, 2.45) is 0 Å². The molecule has 2 heterocycles. The number of piperidine rings is 1. The Labute approximate surface area is 132 Å². The molecule has 0 radical (unpaired) electrons. The number of benzene rings is 1. The van der Waals surface area contributed by atoms with Crippen molar-refractivity contribution in [2.45, 2.75) is 18.8 Å². The van der Waals surface area contributed by atoms with E-state index in [4.69, 9.17) is 5.73 Å². The van der Waals surface area contributed by atoms with Crippen LogP contribution in [0.5, 0.6) is 0 Å². The number of aromatic nitrogens is 2. The zero-order valence-corrected chi connectivity index (χ0v) is 12.4. The molecule has 120 valence electrons. The van der Waals surface area contributed by atoms with Gasteiger partial charge in [-0.2, -0.15) is 0 Å². The normalized spacial score (nSPS) is 18.0. The van der Waals surface area contributed by atoms with Gasteiger partial charge in [-0.25, -0.2) is 14.4 Å². The molecule has 1 unspecified atom stereocenters. The Morgan fingerprint density at radius 3 is 2.91 bits per heavy atom. The molecule has 7 nitrogen and oxygen atoms in total. The highest BCUT2D eigenvalue weighted by Gasteiger charge is 2.25. The highest BCUT2D eigenvalue weighted by molar-refractivity contribution is 5.53. The highest BCUT2D eigenvalue weighted by atomic mass is 19.1. The number of nitro groups is 1. The zero-order valence-electron chi connectivity index (χ0n) is 12.4. The molecule has 1 fully saturated rings. The topological polar surface area (TPSA) is 98.2 Å². The van der Waals surface area contributed by atoms with Gasteiger partial charge in [0.05, 0.1) is 22.4 Å². The second kappa shape index (κ2) is 6.15. The average Bonchev–Trinajstić information content (AvgIpc) is 2.55. The van der Waals surface area contributed by atoms with Crippen molar-refractivity contribution < 1.29 is 9.31 Å². The van der Waals surface area contributed by atoms with Crippen LogP contribution in [0, 0.1) is 15.9 Å². The molecular formula is C15H16FN5O2. The van der Waals surface area contributed by atoms with Crippen molar-refractivity contribution in [1.29, 1.82) is 0 Å². The minimum atomic E-state index is -0.602. The van der Waals surface area contributed by atoms with E-state index in [0.717, 1.165) is 24.6 Å². The molecular weight excluding hydrogens is 301 g/mol. The number of rotatable bonds is 3. The highest BCUT2D eigenvalue weighted by Crippen LogP contribution is 2.31. The summed E-state index contributed by atoms with van der Waals surface area (Å²) >= 11 is 0. The summed E-state index contributed by atoms with van der Waals surface area (Å²) in [7, 11) is 0. The first-order chi connectivity index (χ1) is 11.0. The van der Waals surface area contributed by atoms with Gasteiger partial charge in [0.25, 0.3) is 5.69 Å². The predicted octanol–water partition coefficient (Wildman–Crippen LogP) is 2.49. The Morgan fingerprint density at radius 2 is 2.22 bits per heavy atom. The molecule has 1 saturated heterocycles. The maximum Gasteiger partial charge on any atom is 0.272 e. The lowest BCUT2D eigenvalue weighted by molar-refractivity contribution is -0.385. The van der Waals surface area contributed by atoms with E-state index in [1.165, 1.54) is 12.1 Å². The monoisotopic (exact) mass is 317 g/mol. The molecule has 0 aliphatic carbocycles. The molecule has 2 aromatic rings. The standard InChI is InChI=1S/C15H16FN5O2/c16-12-8-11(21(22)23)3-4-14(12)20-7-1-2-10(9-20)13-5-6-18-15(17)19-13/h3-6,8,10H,1-2,7,9H2,(H2,17,18,19). The fourth-order valence-electron chi connectivity index (χ4n) is 2.92. The summed E-state index contributed by atoms with van der Waals surface area (Å²) in [5.41, 5.74) is 6.59. The zero-order chi connectivity index (χ0) is 16.4. The van der Waals surface area contributed by atoms with E-state index >= 15 is 0 Å². The number of nitrogens with zero attached hydrogens (tertiary/aromatic N) is 4. The van der Waals surface area contributed by atoms with Crippen LogP contribution in [0.3, 0.4) is 0 Å². The number of anilines is 2. The third-order valence-corrected chi connectivity index (χ3v) is 4.02. The molecule has 3 rings (SSSR count). The van der Waals surface area contributed by atoms with Gasteiger partial charge in [0.2, 0.25) is 5.95 Å². The molecule has 0 spiro atoms. The molecule has 1 aromatic heterocycles. The lowest BCUT2D eigenvalue weighted by Gasteiger charge is -2.34. The number of nitrogen functional groups attached to an aromatic ring is 1. The Kier molecular flexibility index (Phi) is 4.05. The van der Waals surface area contributed by atoms with Gasteiger partial charge in [-0.1, -0.05) is 0 Å². The van der Waals surface area contributed by atoms with Crippen molar-refractivity contribution in [3.8, 4) is 0 Å². The summed E-state index contributed by atoms with van der Waals surface area (Å²) in [6.45, 7) is 1.29. The van der Waals surface area contributed by atoms with Gasteiger partial charge in [0.15, 0.2) is 5.82 Å².